The van der Waals surface area contributed by atoms with Crippen LogP contribution < -0.4 is 5.73 Å². The van der Waals surface area contributed by atoms with Gasteiger partial charge < -0.3 is 5.73 Å². The molecular weight excluding hydrogens is 368 g/mol. The molecule has 1 fully saturated rings. The number of carbonyl (C=O) groups is 1. The van der Waals surface area contributed by atoms with Crippen molar-refractivity contribution >= 4 is 23.1 Å². The van der Waals surface area contributed by atoms with E-state index < -0.39 is 5.41 Å². The minimum absolute atomic E-state index is 0.223. The van der Waals surface area contributed by atoms with Crippen molar-refractivity contribution < 1.29 is 4.79 Å². The highest BCUT2D eigenvalue weighted by atomic mass is 35.5. The van der Waals surface area contributed by atoms with Crippen LogP contribution in [0.3, 0.4) is 0 Å². The largest absolute Gasteiger partial charge is 0.398 e. The Labute approximate surface area is 174 Å². The molecule has 0 radical (unpaired) electrons. The fourth-order valence-corrected chi connectivity index (χ4v) is 4.11. The second kappa shape index (κ2) is 9.88. The summed E-state index contributed by atoms with van der Waals surface area (Å²) >= 11 is 5.95. The molecule has 1 saturated carbocycles. The number of carbonyl (C=O) groups excluding carboxylic acids is 1. The van der Waals surface area contributed by atoms with Crippen LogP contribution in [0, 0.1) is 5.41 Å². The molecule has 1 atom stereocenters. The smallest absolute Gasteiger partial charge is 0.145 e. The zero-order chi connectivity index (χ0) is 20.7. The molecule has 1 aliphatic carbocycles. The van der Waals surface area contributed by atoms with E-state index in [2.05, 4.69) is 4.99 Å². The third-order valence-corrected chi connectivity index (χ3v) is 5.85. The van der Waals surface area contributed by atoms with E-state index in [9.17, 15) is 4.79 Å². The monoisotopic (exact) mass is 398 g/mol. The maximum Gasteiger partial charge on any atom is 0.145 e. The summed E-state index contributed by atoms with van der Waals surface area (Å²) in [7, 11) is 1.77. The molecule has 1 aliphatic rings. The van der Waals surface area contributed by atoms with E-state index in [1.54, 1.807) is 7.05 Å². The zero-order valence-electron chi connectivity index (χ0n) is 17.4. The molecule has 1 unspecified atom stereocenters. The van der Waals surface area contributed by atoms with Crippen molar-refractivity contribution in [2.24, 2.45) is 16.1 Å². The SMILES string of the molecule is C\C=C/C(=C\C)C(/N)=C1\CCCC(C)(C(=O)CCc2ccc(Cl)cc2)C1=NC. The number of halogens is 1. The van der Waals surface area contributed by atoms with Gasteiger partial charge in [-0.3, -0.25) is 9.79 Å². The summed E-state index contributed by atoms with van der Waals surface area (Å²) in [6, 6.07) is 7.69. The molecular formula is C24H31ClN2O. The molecule has 2 N–H and O–H groups in total. The molecule has 0 spiro atoms. The summed E-state index contributed by atoms with van der Waals surface area (Å²) in [5, 5.41) is 0.709. The van der Waals surface area contributed by atoms with Gasteiger partial charge in [0, 0.05) is 24.2 Å². The number of benzene rings is 1. The quantitative estimate of drug-likeness (QED) is 0.612. The highest BCUT2D eigenvalue weighted by molar-refractivity contribution is 6.30. The van der Waals surface area contributed by atoms with Gasteiger partial charge in [0.25, 0.3) is 0 Å². The van der Waals surface area contributed by atoms with Crippen molar-refractivity contribution in [1.29, 1.82) is 0 Å². The van der Waals surface area contributed by atoms with Gasteiger partial charge in [-0.2, -0.15) is 0 Å². The van der Waals surface area contributed by atoms with Gasteiger partial charge in [0.05, 0.1) is 11.1 Å². The molecule has 150 valence electrons. The molecule has 28 heavy (non-hydrogen) atoms. The number of hydrogen-bond acceptors (Lipinski definition) is 3. The van der Waals surface area contributed by atoms with Crippen molar-refractivity contribution in [3.05, 3.63) is 69.9 Å². The van der Waals surface area contributed by atoms with Gasteiger partial charge in [-0.15, -0.1) is 0 Å². The van der Waals surface area contributed by atoms with E-state index in [4.69, 9.17) is 17.3 Å². The number of rotatable bonds is 6. The fourth-order valence-electron chi connectivity index (χ4n) is 3.98. The fraction of sp³-hybridized carbons (Fsp3) is 0.417. The standard InChI is InChI=1S/C24H31ClN2O/c1-5-8-18(6-2)22(26)20-9-7-16-24(3,23(20)27-4)21(28)15-12-17-10-13-19(25)14-11-17/h5-6,8,10-11,13-14H,7,9,12,15-16,26H2,1-4H3/b8-5-,18-6+,22-20-,27-23?. The van der Waals surface area contributed by atoms with Gasteiger partial charge in [-0.05, 0) is 75.3 Å². The predicted molar refractivity (Wildman–Crippen MR) is 120 cm³/mol. The zero-order valence-corrected chi connectivity index (χ0v) is 18.1. The summed E-state index contributed by atoms with van der Waals surface area (Å²) < 4.78 is 0. The van der Waals surface area contributed by atoms with Crippen LogP contribution in [-0.2, 0) is 11.2 Å². The predicted octanol–water partition coefficient (Wildman–Crippen LogP) is 5.84. The number of aliphatic imine (C=N–C) groups is 1. The van der Waals surface area contributed by atoms with E-state index in [0.29, 0.717) is 17.9 Å². The van der Waals surface area contributed by atoms with E-state index in [-0.39, 0.29) is 5.78 Å². The third kappa shape index (κ3) is 4.82. The maximum atomic E-state index is 13.3. The lowest BCUT2D eigenvalue weighted by Crippen LogP contribution is -2.41. The Hall–Kier alpha value is -2.13. The van der Waals surface area contributed by atoms with Crippen LogP contribution in [0.2, 0.25) is 5.02 Å². The van der Waals surface area contributed by atoms with E-state index >= 15 is 0 Å². The molecule has 0 aliphatic heterocycles. The summed E-state index contributed by atoms with van der Waals surface area (Å²) in [6.07, 6.45) is 9.77. The second-order valence-corrected chi connectivity index (χ2v) is 7.88. The number of hydrogen-bond donors (Lipinski definition) is 1. The molecule has 0 heterocycles. The summed E-state index contributed by atoms with van der Waals surface area (Å²) in [4.78, 5) is 17.8. The minimum atomic E-state index is -0.589. The Morgan fingerprint density at radius 1 is 1.29 bits per heavy atom. The third-order valence-electron chi connectivity index (χ3n) is 5.60. The number of ketones is 1. The molecule has 0 bridgehead atoms. The topological polar surface area (TPSA) is 55.5 Å². The van der Waals surface area contributed by atoms with Gasteiger partial charge in [0.1, 0.15) is 5.78 Å². The van der Waals surface area contributed by atoms with Gasteiger partial charge in [0.2, 0.25) is 0 Å². The number of nitrogens with two attached hydrogens (primary N) is 1. The highest BCUT2D eigenvalue weighted by Crippen LogP contribution is 2.40. The lowest BCUT2D eigenvalue weighted by Gasteiger charge is -2.36. The Bertz CT molecular complexity index is 831. The van der Waals surface area contributed by atoms with Crippen LogP contribution in [0.1, 0.15) is 52.0 Å². The van der Waals surface area contributed by atoms with Crippen molar-refractivity contribution in [3.63, 3.8) is 0 Å². The van der Waals surface area contributed by atoms with Crippen LogP contribution in [0.15, 0.2) is 64.3 Å². The molecule has 1 aromatic rings. The molecule has 0 amide bonds. The molecule has 1 aromatic carbocycles. The van der Waals surface area contributed by atoms with Crippen molar-refractivity contribution in [2.45, 2.75) is 52.9 Å². The minimum Gasteiger partial charge on any atom is -0.398 e. The maximum absolute atomic E-state index is 13.3. The van der Waals surface area contributed by atoms with Gasteiger partial charge in [-0.1, -0.05) is 42.0 Å². The van der Waals surface area contributed by atoms with Crippen LogP contribution in [0.5, 0.6) is 0 Å². The molecule has 3 nitrogen and oxygen atoms in total. The lowest BCUT2D eigenvalue weighted by atomic mass is 9.67. The Kier molecular flexibility index (Phi) is 7.82. The highest BCUT2D eigenvalue weighted by Gasteiger charge is 2.42. The molecule has 4 heteroatoms. The first kappa shape index (κ1) is 22.2. The Morgan fingerprint density at radius 3 is 2.54 bits per heavy atom. The van der Waals surface area contributed by atoms with Crippen molar-refractivity contribution in [3.8, 4) is 0 Å². The first-order valence-corrected chi connectivity index (χ1v) is 10.3. The molecule has 0 saturated heterocycles. The normalized spacial score (nSPS) is 24.0. The molecule has 0 aromatic heterocycles. The number of aryl methyl sites for hydroxylation is 1. The summed E-state index contributed by atoms with van der Waals surface area (Å²) in [6.45, 7) is 5.98. The molecule has 2 rings (SSSR count). The van der Waals surface area contributed by atoms with Gasteiger partial charge >= 0.3 is 0 Å². The average molecular weight is 399 g/mol. The Morgan fingerprint density at radius 2 is 1.96 bits per heavy atom. The van der Waals surface area contributed by atoms with Crippen LogP contribution in [0.25, 0.3) is 0 Å². The van der Waals surface area contributed by atoms with Crippen LogP contribution in [-0.4, -0.2) is 18.5 Å². The number of allylic oxidation sites excluding steroid dienone is 4. The average Bonchev–Trinajstić information content (AvgIpc) is 2.70. The van der Waals surface area contributed by atoms with Gasteiger partial charge in [0.15, 0.2) is 0 Å². The Balaban J connectivity index is 2.29. The van der Waals surface area contributed by atoms with E-state index in [1.807, 2.05) is 63.3 Å². The lowest BCUT2D eigenvalue weighted by molar-refractivity contribution is -0.125. The second-order valence-electron chi connectivity index (χ2n) is 7.44. The van der Waals surface area contributed by atoms with Crippen molar-refractivity contribution in [1.82, 2.24) is 0 Å². The summed E-state index contributed by atoms with van der Waals surface area (Å²) in [5.41, 5.74) is 10.6. The van der Waals surface area contributed by atoms with Crippen molar-refractivity contribution in [2.75, 3.05) is 7.05 Å². The van der Waals surface area contributed by atoms with Crippen LogP contribution >= 0.6 is 11.6 Å². The first-order chi connectivity index (χ1) is 13.4. The summed E-state index contributed by atoms with van der Waals surface area (Å²) in [5.74, 6) is 0.223. The number of Topliss-reactive ketones (excluding diaryl/α,β-unsaturated/α-hetero) is 1. The number of nitrogens with zero attached hydrogens (tertiary/aromatic N) is 1. The van der Waals surface area contributed by atoms with Crippen LogP contribution in [0.4, 0.5) is 0 Å². The van der Waals surface area contributed by atoms with Gasteiger partial charge in [-0.25, -0.2) is 0 Å². The van der Waals surface area contributed by atoms with E-state index in [0.717, 1.165) is 47.4 Å². The van der Waals surface area contributed by atoms with E-state index in [1.165, 1.54) is 0 Å². The first-order valence-electron chi connectivity index (χ1n) is 9.90.